The fraction of sp³-hybridized carbons (Fsp3) is 0.333. The normalized spacial score (nSPS) is 12.2. The predicted octanol–water partition coefficient (Wildman–Crippen LogP) is 6.54. The van der Waals surface area contributed by atoms with Crippen LogP contribution in [0.3, 0.4) is 0 Å². The molecule has 0 fully saturated rings. The second-order valence-electron chi connectivity index (χ2n) is 5.44. The summed E-state index contributed by atoms with van der Waals surface area (Å²) in [6.45, 7) is 6.37. The second kappa shape index (κ2) is 7.33. The van der Waals surface area contributed by atoms with E-state index in [9.17, 15) is 0 Å². The Morgan fingerprint density at radius 3 is 2.48 bits per heavy atom. The molecule has 0 heterocycles. The molecule has 1 atom stereocenters. The van der Waals surface area contributed by atoms with E-state index in [0.717, 1.165) is 27.2 Å². The molecule has 3 heteroatoms. The molecule has 2 aromatic carbocycles. The van der Waals surface area contributed by atoms with E-state index >= 15 is 0 Å². The summed E-state index contributed by atoms with van der Waals surface area (Å²) in [6.07, 6.45) is 2.32. The average molecular weight is 367 g/mol. The zero-order chi connectivity index (χ0) is 15.4. The van der Waals surface area contributed by atoms with Gasteiger partial charge in [-0.25, -0.2) is 0 Å². The lowest BCUT2D eigenvalue weighted by molar-refractivity contribution is 0.875. The third-order valence-electron chi connectivity index (χ3n) is 3.64. The van der Waals surface area contributed by atoms with E-state index in [-0.39, 0.29) is 6.04 Å². The van der Waals surface area contributed by atoms with Crippen molar-refractivity contribution in [2.45, 2.75) is 39.7 Å². The highest BCUT2D eigenvalue weighted by atomic mass is 79.9. The summed E-state index contributed by atoms with van der Waals surface area (Å²) in [5.74, 6) is 0. The fourth-order valence-corrected chi connectivity index (χ4v) is 3.07. The van der Waals surface area contributed by atoms with E-state index in [1.165, 1.54) is 17.5 Å². The molecule has 2 aromatic rings. The Bertz CT molecular complexity index is 607. The van der Waals surface area contributed by atoms with Gasteiger partial charge in [0.15, 0.2) is 0 Å². The van der Waals surface area contributed by atoms with Crippen molar-refractivity contribution in [1.29, 1.82) is 0 Å². The third-order valence-corrected chi connectivity index (χ3v) is 4.70. The van der Waals surface area contributed by atoms with Crippen molar-refractivity contribution in [3.63, 3.8) is 0 Å². The molecule has 0 saturated carbocycles. The van der Waals surface area contributed by atoms with Crippen molar-refractivity contribution in [2.75, 3.05) is 5.32 Å². The van der Waals surface area contributed by atoms with Crippen molar-refractivity contribution in [1.82, 2.24) is 0 Å². The minimum absolute atomic E-state index is 0.232. The molecule has 0 amide bonds. The van der Waals surface area contributed by atoms with Crippen LogP contribution in [0, 0.1) is 6.92 Å². The Labute approximate surface area is 140 Å². The Morgan fingerprint density at radius 2 is 1.86 bits per heavy atom. The van der Waals surface area contributed by atoms with Crippen molar-refractivity contribution in [3.8, 4) is 0 Å². The lowest BCUT2D eigenvalue weighted by atomic mass is 10.0. The van der Waals surface area contributed by atoms with E-state index in [4.69, 9.17) is 11.6 Å². The average Bonchev–Trinajstić information content (AvgIpc) is 2.46. The van der Waals surface area contributed by atoms with Crippen molar-refractivity contribution < 1.29 is 0 Å². The number of benzene rings is 2. The quantitative estimate of drug-likeness (QED) is 0.633. The summed E-state index contributed by atoms with van der Waals surface area (Å²) in [7, 11) is 0. The fourth-order valence-electron chi connectivity index (χ4n) is 2.34. The highest BCUT2D eigenvalue weighted by Gasteiger charge is 2.09. The number of nitrogens with one attached hydrogen (secondary N) is 1. The van der Waals surface area contributed by atoms with Gasteiger partial charge in [0.2, 0.25) is 0 Å². The highest BCUT2D eigenvalue weighted by molar-refractivity contribution is 9.10. The number of rotatable bonds is 5. The number of aryl methyl sites for hydroxylation is 2. The summed E-state index contributed by atoms with van der Waals surface area (Å²) < 4.78 is 1.04. The first kappa shape index (κ1) is 16.4. The van der Waals surface area contributed by atoms with Gasteiger partial charge in [-0.15, -0.1) is 0 Å². The summed E-state index contributed by atoms with van der Waals surface area (Å²) in [5.41, 5.74) is 4.77. The van der Waals surface area contributed by atoms with Crippen molar-refractivity contribution >= 4 is 33.2 Å². The van der Waals surface area contributed by atoms with Crippen LogP contribution in [-0.4, -0.2) is 0 Å². The second-order valence-corrected chi connectivity index (χ2v) is 6.70. The maximum absolute atomic E-state index is 6.21. The van der Waals surface area contributed by atoms with Gasteiger partial charge >= 0.3 is 0 Å². The molecule has 0 radical (unpaired) electrons. The van der Waals surface area contributed by atoms with Crippen LogP contribution in [0.15, 0.2) is 40.9 Å². The molecular formula is C18H21BrClN. The van der Waals surface area contributed by atoms with E-state index in [1.807, 2.05) is 19.1 Å². The first-order chi connectivity index (χ1) is 10.0. The summed E-state index contributed by atoms with van der Waals surface area (Å²) in [6, 6.07) is 13.1. The van der Waals surface area contributed by atoms with Gasteiger partial charge in [0.1, 0.15) is 0 Å². The number of hydrogen-bond donors (Lipinski definition) is 1. The highest BCUT2D eigenvalue weighted by Crippen LogP contribution is 2.31. The minimum Gasteiger partial charge on any atom is -0.378 e. The first-order valence-corrected chi connectivity index (χ1v) is 8.49. The Morgan fingerprint density at radius 1 is 1.19 bits per heavy atom. The van der Waals surface area contributed by atoms with E-state index in [2.05, 4.69) is 59.4 Å². The van der Waals surface area contributed by atoms with Crippen LogP contribution >= 0.6 is 27.5 Å². The van der Waals surface area contributed by atoms with Gasteiger partial charge < -0.3 is 5.32 Å². The molecule has 1 unspecified atom stereocenters. The van der Waals surface area contributed by atoms with Gasteiger partial charge in [0.25, 0.3) is 0 Å². The molecular weight excluding hydrogens is 346 g/mol. The molecule has 0 aliphatic carbocycles. The van der Waals surface area contributed by atoms with Crippen molar-refractivity contribution in [2.24, 2.45) is 0 Å². The molecule has 2 rings (SSSR count). The predicted molar refractivity (Wildman–Crippen MR) is 96.4 cm³/mol. The van der Waals surface area contributed by atoms with Crippen LogP contribution in [0.4, 0.5) is 5.69 Å². The monoisotopic (exact) mass is 365 g/mol. The molecule has 0 spiro atoms. The Balaban J connectivity index is 2.14. The maximum atomic E-state index is 6.21. The third kappa shape index (κ3) is 4.24. The van der Waals surface area contributed by atoms with Crippen LogP contribution < -0.4 is 5.32 Å². The van der Waals surface area contributed by atoms with Crippen LogP contribution in [0.25, 0.3) is 0 Å². The molecule has 0 aliphatic rings. The smallest absolute Gasteiger partial charge is 0.0504 e. The Hall–Kier alpha value is -0.990. The Kier molecular flexibility index (Phi) is 5.72. The van der Waals surface area contributed by atoms with E-state index < -0.39 is 0 Å². The SMILES string of the molecule is CCCc1ccc(C(C)Nc2cc(Cl)c(C)cc2Br)cc1. The van der Waals surface area contributed by atoms with Crippen molar-refractivity contribution in [3.05, 3.63) is 62.6 Å². The molecule has 0 bridgehead atoms. The molecule has 0 aliphatic heterocycles. The molecule has 1 nitrogen and oxygen atoms in total. The lowest BCUT2D eigenvalue weighted by Gasteiger charge is -2.18. The topological polar surface area (TPSA) is 12.0 Å². The van der Waals surface area contributed by atoms with E-state index in [1.54, 1.807) is 0 Å². The molecule has 112 valence electrons. The standard InChI is InChI=1S/C18H21BrClN/c1-4-5-14-6-8-15(9-7-14)13(3)21-18-11-17(20)12(2)10-16(18)19/h6-11,13,21H,4-5H2,1-3H3. The zero-order valence-corrected chi connectivity index (χ0v) is 15.1. The number of hydrogen-bond acceptors (Lipinski definition) is 1. The van der Waals surface area contributed by atoms with Crippen LogP contribution in [0.5, 0.6) is 0 Å². The van der Waals surface area contributed by atoms with E-state index in [0.29, 0.717) is 0 Å². The van der Waals surface area contributed by atoms with Gasteiger partial charge in [-0.1, -0.05) is 49.2 Å². The molecule has 0 saturated heterocycles. The van der Waals surface area contributed by atoms with Gasteiger partial charge in [-0.2, -0.15) is 0 Å². The van der Waals surface area contributed by atoms with Gasteiger partial charge in [0, 0.05) is 15.5 Å². The summed E-state index contributed by atoms with van der Waals surface area (Å²) >= 11 is 9.80. The van der Waals surface area contributed by atoms with Crippen LogP contribution in [0.2, 0.25) is 5.02 Å². The summed E-state index contributed by atoms with van der Waals surface area (Å²) in [5, 5.41) is 4.30. The van der Waals surface area contributed by atoms with Crippen LogP contribution in [0.1, 0.15) is 43.0 Å². The summed E-state index contributed by atoms with van der Waals surface area (Å²) in [4.78, 5) is 0. The molecule has 21 heavy (non-hydrogen) atoms. The number of halogens is 2. The van der Waals surface area contributed by atoms with Crippen LogP contribution in [-0.2, 0) is 6.42 Å². The first-order valence-electron chi connectivity index (χ1n) is 7.32. The zero-order valence-electron chi connectivity index (χ0n) is 12.7. The maximum Gasteiger partial charge on any atom is 0.0504 e. The minimum atomic E-state index is 0.232. The lowest BCUT2D eigenvalue weighted by Crippen LogP contribution is -2.07. The molecule has 0 aromatic heterocycles. The molecule has 1 N–H and O–H groups in total. The largest absolute Gasteiger partial charge is 0.378 e. The van der Waals surface area contributed by atoms with Gasteiger partial charge in [0.05, 0.1) is 5.69 Å². The van der Waals surface area contributed by atoms with Gasteiger partial charge in [-0.05, 0) is 65.0 Å². The van der Waals surface area contributed by atoms with Gasteiger partial charge in [-0.3, -0.25) is 0 Å². The number of anilines is 1.